The molecule has 0 aliphatic heterocycles. The Hall–Kier alpha value is -3.03. The summed E-state index contributed by atoms with van der Waals surface area (Å²) in [7, 11) is 1.37. The molecule has 8 nitrogen and oxygen atoms in total. The smallest absolute Gasteiger partial charge is 0.319 e. The van der Waals surface area contributed by atoms with Gasteiger partial charge in [-0.15, -0.1) is 0 Å². The van der Waals surface area contributed by atoms with Gasteiger partial charge in [-0.1, -0.05) is 0 Å². The first-order valence-corrected chi connectivity index (χ1v) is 5.51. The van der Waals surface area contributed by atoms with E-state index in [1.54, 1.807) is 0 Å². The molecule has 104 valence electrons. The highest BCUT2D eigenvalue weighted by molar-refractivity contribution is 6.04. The molecule has 0 unspecified atom stereocenters. The van der Waals surface area contributed by atoms with E-state index in [9.17, 15) is 15.0 Å². The number of rotatable bonds is 3. The minimum absolute atomic E-state index is 0.0750. The van der Waals surface area contributed by atoms with E-state index in [0.29, 0.717) is 0 Å². The average molecular weight is 276 g/mol. The highest BCUT2D eigenvalue weighted by atomic mass is 16.5. The van der Waals surface area contributed by atoms with Crippen molar-refractivity contribution >= 4 is 17.4 Å². The maximum Gasteiger partial charge on any atom is 0.319 e. The number of nitrogens with one attached hydrogen (secondary N) is 1. The van der Waals surface area contributed by atoms with E-state index in [-0.39, 0.29) is 28.7 Å². The van der Waals surface area contributed by atoms with Crippen LogP contribution in [0.1, 0.15) is 10.4 Å². The quantitative estimate of drug-likeness (QED) is 0.480. The van der Waals surface area contributed by atoms with E-state index in [4.69, 9.17) is 10.5 Å². The van der Waals surface area contributed by atoms with Crippen molar-refractivity contribution in [2.75, 3.05) is 18.2 Å². The van der Waals surface area contributed by atoms with Gasteiger partial charge >= 0.3 is 6.01 Å². The first-order chi connectivity index (χ1) is 9.49. The van der Waals surface area contributed by atoms with Crippen molar-refractivity contribution in [1.82, 2.24) is 9.97 Å². The van der Waals surface area contributed by atoms with Crippen LogP contribution in [-0.2, 0) is 0 Å². The third kappa shape index (κ3) is 2.86. The summed E-state index contributed by atoms with van der Waals surface area (Å²) in [5.41, 5.74) is 5.82. The van der Waals surface area contributed by atoms with Crippen LogP contribution in [0.3, 0.4) is 0 Å². The highest BCUT2D eigenvalue weighted by Gasteiger charge is 2.11. The van der Waals surface area contributed by atoms with E-state index in [2.05, 4.69) is 15.3 Å². The molecular formula is C12H12N4O4. The summed E-state index contributed by atoms with van der Waals surface area (Å²) in [4.78, 5) is 19.2. The summed E-state index contributed by atoms with van der Waals surface area (Å²) in [6.45, 7) is 0. The molecule has 0 atom stereocenters. The van der Waals surface area contributed by atoms with E-state index in [1.165, 1.54) is 31.4 Å². The third-order valence-electron chi connectivity index (χ3n) is 2.43. The van der Waals surface area contributed by atoms with Crippen LogP contribution in [0.25, 0.3) is 0 Å². The molecule has 0 aliphatic rings. The second-order valence-corrected chi connectivity index (χ2v) is 3.82. The lowest BCUT2D eigenvalue weighted by atomic mass is 10.2. The number of nitrogens with two attached hydrogens (primary N) is 1. The Kier molecular flexibility index (Phi) is 3.56. The molecule has 1 aromatic carbocycles. The molecule has 2 rings (SSSR count). The Labute approximate surface area is 113 Å². The number of benzene rings is 1. The zero-order valence-corrected chi connectivity index (χ0v) is 10.5. The Balaban J connectivity index is 2.23. The van der Waals surface area contributed by atoms with Crippen molar-refractivity contribution < 1.29 is 19.7 Å². The molecule has 0 spiro atoms. The van der Waals surface area contributed by atoms with Gasteiger partial charge < -0.3 is 26.0 Å². The Morgan fingerprint density at radius 1 is 1.30 bits per heavy atom. The number of phenolic OH excluding ortho intramolecular Hbond substituents is 1. The summed E-state index contributed by atoms with van der Waals surface area (Å²) >= 11 is 0. The molecule has 1 heterocycles. The van der Waals surface area contributed by atoms with Gasteiger partial charge in [-0.25, -0.2) is 0 Å². The van der Waals surface area contributed by atoms with Crippen molar-refractivity contribution in [3.05, 3.63) is 29.8 Å². The van der Waals surface area contributed by atoms with Gasteiger partial charge in [-0.05, 0) is 18.2 Å². The van der Waals surface area contributed by atoms with E-state index in [1.807, 2.05) is 0 Å². The predicted molar refractivity (Wildman–Crippen MR) is 70.7 cm³/mol. The van der Waals surface area contributed by atoms with Crippen LogP contribution in [0.15, 0.2) is 24.3 Å². The zero-order chi connectivity index (χ0) is 14.7. The second kappa shape index (κ2) is 5.31. The van der Waals surface area contributed by atoms with Gasteiger partial charge in [-0.3, -0.25) is 4.79 Å². The Morgan fingerprint density at radius 2 is 2.05 bits per heavy atom. The van der Waals surface area contributed by atoms with Crippen LogP contribution in [0.4, 0.5) is 11.5 Å². The molecule has 8 heteroatoms. The predicted octanol–water partition coefficient (Wildman–Crippen LogP) is 0.731. The summed E-state index contributed by atoms with van der Waals surface area (Å²) in [5, 5.41) is 21.0. The lowest BCUT2D eigenvalue weighted by molar-refractivity contribution is 0.102. The van der Waals surface area contributed by atoms with Gasteiger partial charge in [0.15, 0.2) is 0 Å². The van der Waals surface area contributed by atoms with Gasteiger partial charge in [0.1, 0.15) is 11.6 Å². The SMILES string of the molecule is COc1cc(NC(=O)c2ccc(O)c(N)c2)nc(O)n1. The summed E-state index contributed by atoms with van der Waals surface area (Å²) < 4.78 is 4.84. The van der Waals surface area contributed by atoms with Crippen LogP contribution in [0, 0.1) is 0 Å². The number of anilines is 2. The van der Waals surface area contributed by atoms with E-state index < -0.39 is 11.9 Å². The second-order valence-electron chi connectivity index (χ2n) is 3.82. The number of hydrogen-bond donors (Lipinski definition) is 4. The van der Waals surface area contributed by atoms with Crippen molar-refractivity contribution in [2.24, 2.45) is 0 Å². The minimum Gasteiger partial charge on any atom is -0.506 e. The molecule has 0 radical (unpaired) electrons. The van der Waals surface area contributed by atoms with Crippen LogP contribution < -0.4 is 15.8 Å². The maximum atomic E-state index is 12.0. The Bertz CT molecular complexity index is 660. The number of ether oxygens (including phenoxy) is 1. The number of methoxy groups -OCH3 is 1. The molecule has 0 fully saturated rings. The van der Waals surface area contributed by atoms with Crippen molar-refractivity contribution in [3.8, 4) is 17.6 Å². The molecule has 0 saturated heterocycles. The molecule has 2 aromatic rings. The fraction of sp³-hybridized carbons (Fsp3) is 0.0833. The molecule has 1 amide bonds. The van der Waals surface area contributed by atoms with Gasteiger partial charge in [0.05, 0.1) is 12.8 Å². The maximum absolute atomic E-state index is 12.0. The number of phenols is 1. The van der Waals surface area contributed by atoms with Crippen LogP contribution in [0.5, 0.6) is 17.6 Å². The van der Waals surface area contributed by atoms with Crippen molar-refractivity contribution in [2.45, 2.75) is 0 Å². The highest BCUT2D eigenvalue weighted by Crippen LogP contribution is 2.22. The number of carbonyl (C=O) groups is 1. The summed E-state index contributed by atoms with van der Waals surface area (Å²) in [6.07, 6.45) is 0. The fourth-order valence-corrected chi connectivity index (χ4v) is 1.47. The third-order valence-corrected chi connectivity index (χ3v) is 2.43. The molecule has 20 heavy (non-hydrogen) atoms. The van der Waals surface area contributed by atoms with Crippen LogP contribution >= 0.6 is 0 Å². The molecule has 0 saturated carbocycles. The van der Waals surface area contributed by atoms with E-state index >= 15 is 0 Å². The van der Waals surface area contributed by atoms with Gasteiger partial charge in [0.2, 0.25) is 5.88 Å². The molecular weight excluding hydrogens is 264 g/mol. The molecule has 0 bridgehead atoms. The first-order valence-electron chi connectivity index (χ1n) is 5.51. The van der Waals surface area contributed by atoms with Crippen molar-refractivity contribution in [3.63, 3.8) is 0 Å². The number of carbonyl (C=O) groups excluding carboxylic acids is 1. The fourth-order valence-electron chi connectivity index (χ4n) is 1.47. The van der Waals surface area contributed by atoms with Crippen LogP contribution in [-0.4, -0.2) is 33.2 Å². The van der Waals surface area contributed by atoms with Crippen molar-refractivity contribution in [1.29, 1.82) is 0 Å². The average Bonchev–Trinajstić information content (AvgIpc) is 2.41. The van der Waals surface area contributed by atoms with Crippen LogP contribution in [0.2, 0.25) is 0 Å². The normalized spacial score (nSPS) is 10.1. The largest absolute Gasteiger partial charge is 0.506 e. The number of amides is 1. The lowest BCUT2D eigenvalue weighted by Crippen LogP contribution is -2.13. The minimum atomic E-state index is -0.523. The van der Waals surface area contributed by atoms with Gasteiger partial charge in [-0.2, -0.15) is 9.97 Å². The van der Waals surface area contributed by atoms with Gasteiger partial charge in [0.25, 0.3) is 5.91 Å². The summed E-state index contributed by atoms with van der Waals surface area (Å²) in [5.74, 6) is -0.427. The number of hydrogen-bond acceptors (Lipinski definition) is 7. The lowest BCUT2D eigenvalue weighted by Gasteiger charge is -2.07. The Morgan fingerprint density at radius 3 is 2.70 bits per heavy atom. The van der Waals surface area contributed by atoms with E-state index in [0.717, 1.165) is 0 Å². The molecule has 1 aromatic heterocycles. The summed E-state index contributed by atoms with van der Waals surface area (Å²) in [6, 6.07) is 4.86. The molecule has 5 N–H and O–H groups in total. The zero-order valence-electron chi connectivity index (χ0n) is 10.5. The monoisotopic (exact) mass is 276 g/mol. The standard InChI is InChI=1S/C12H12N4O4/c1-20-10-5-9(15-12(19)16-10)14-11(18)6-2-3-8(17)7(13)4-6/h2-5,17H,13H2,1H3,(H2,14,15,16,18,19). The number of aromatic nitrogens is 2. The molecule has 0 aliphatic carbocycles. The number of nitrogens with zero attached hydrogens (tertiary/aromatic N) is 2. The number of aromatic hydroxyl groups is 2. The first kappa shape index (κ1) is 13.4. The topological polar surface area (TPSA) is 131 Å². The van der Waals surface area contributed by atoms with Gasteiger partial charge in [0, 0.05) is 11.6 Å². The number of nitrogen functional groups attached to an aromatic ring is 1.